The van der Waals surface area contributed by atoms with Crippen molar-refractivity contribution in [2.45, 2.75) is 12.8 Å². The molecule has 0 saturated heterocycles. The lowest BCUT2D eigenvalue weighted by Crippen LogP contribution is -2.10. The Kier molecular flexibility index (Phi) is 5.84. The Bertz CT molecular complexity index is 1160. The number of fused-ring (bicyclic) bond motifs is 1. The SMILES string of the molecule is COCCn1cc(NC(O)c2cnn3cccnc23)c(-c2cc(Cl)ccc2OC)n1. The number of nitrogens with one attached hydrogen (secondary N) is 1. The highest BCUT2D eigenvalue weighted by Gasteiger charge is 2.21. The van der Waals surface area contributed by atoms with Gasteiger partial charge in [-0.3, -0.25) is 4.68 Å². The van der Waals surface area contributed by atoms with E-state index in [2.05, 4.69) is 20.5 Å². The maximum atomic E-state index is 10.9. The van der Waals surface area contributed by atoms with Crippen LogP contribution in [0.2, 0.25) is 5.02 Å². The van der Waals surface area contributed by atoms with Gasteiger partial charge in [-0.2, -0.15) is 10.2 Å². The highest BCUT2D eigenvalue weighted by Crippen LogP contribution is 2.37. The molecule has 156 valence electrons. The van der Waals surface area contributed by atoms with Gasteiger partial charge in [-0.1, -0.05) is 11.6 Å². The standard InChI is InChI=1S/C20H21ClN6O3/c1-29-9-8-26-12-16(18(25-26)14-10-13(21)4-5-17(14)30-2)24-20(28)15-11-23-27-7-3-6-22-19(15)27/h3-7,10-12,20,24,28H,8-9H2,1-2H3. The minimum Gasteiger partial charge on any atom is -0.496 e. The number of methoxy groups -OCH3 is 2. The van der Waals surface area contributed by atoms with Gasteiger partial charge in [-0.05, 0) is 24.3 Å². The topological polar surface area (TPSA) is 98.7 Å². The molecule has 0 aliphatic heterocycles. The van der Waals surface area contributed by atoms with Gasteiger partial charge in [-0.15, -0.1) is 0 Å². The molecule has 3 aromatic heterocycles. The van der Waals surface area contributed by atoms with Crippen LogP contribution >= 0.6 is 11.6 Å². The first-order valence-electron chi connectivity index (χ1n) is 9.24. The van der Waals surface area contributed by atoms with Crippen LogP contribution in [-0.4, -0.2) is 50.3 Å². The number of anilines is 1. The van der Waals surface area contributed by atoms with Crippen LogP contribution in [0, 0.1) is 0 Å². The summed E-state index contributed by atoms with van der Waals surface area (Å²) in [5.41, 5.74) is 3.01. The van der Waals surface area contributed by atoms with E-state index in [1.54, 1.807) is 72.5 Å². The number of benzene rings is 1. The van der Waals surface area contributed by atoms with Gasteiger partial charge in [-0.25, -0.2) is 9.50 Å². The Labute approximate surface area is 177 Å². The van der Waals surface area contributed by atoms with Crippen LogP contribution < -0.4 is 10.1 Å². The number of aliphatic hydroxyl groups excluding tert-OH is 1. The van der Waals surface area contributed by atoms with E-state index in [9.17, 15) is 5.11 Å². The molecule has 0 saturated carbocycles. The normalized spacial score (nSPS) is 12.3. The molecule has 1 aromatic carbocycles. The van der Waals surface area contributed by atoms with Crippen molar-refractivity contribution in [2.75, 3.05) is 26.1 Å². The van der Waals surface area contributed by atoms with E-state index < -0.39 is 6.23 Å². The number of nitrogens with zero attached hydrogens (tertiary/aromatic N) is 5. The highest BCUT2D eigenvalue weighted by atomic mass is 35.5. The Hall–Kier alpha value is -3.14. The van der Waals surface area contributed by atoms with Crippen LogP contribution in [0.5, 0.6) is 5.75 Å². The van der Waals surface area contributed by atoms with Crippen molar-refractivity contribution in [3.8, 4) is 17.0 Å². The molecule has 4 rings (SSSR count). The number of rotatable bonds is 8. The van der Waals surface area contributed by atoms with E-state index in [1.165, 1.54) is 0 Å². The second-order valence-electron chi connectivity index (χ2n) is 6.53. The quantitative estimate of drug-likeness (QED) is 0.416. The van der Waals surface area contributed by atoms with Crippen molar-refractivity contribution in [3.05, 3.63) is 59.6 Å². The molecule has 4 aromatic rings. The van der Waals surface area contributed by atoms with E-state index in [-0.39, 0.29) is 0 Å². The van der Waals surface area contributed by atoms with E-state index in [0.29, 0.717) is 52.1 Å². The third kappa shape index (κ3) is 3.95. The van der Waals surface area contributed by atoms with Gasteiger partial charge in [0.25, 0.3) is 0 Å². The Morgan fingerprint density at radius 2 is 2.17 bits per heavy atom. The molecule has 0 spiro atoms. The second-order valence-corrected chi connectivity index (χ2v) is 6.96. The van der Waals surface area contributed by atoms with Crippen LogP contribution in [0.1, 0.15) is 11.8 Å². The molecule has 0 aliphatic carbocycles. The van der Waals surface area contributed by atoms with Crippen molar-refractivity contribution in [1.29, 1.82) is 0 Å². The lowest BCUT2D eigenvalue weighted by atomic mass is 10.1. The average Bonchev–Trinajstić information content (AvgIpc) is 3.36. The first-order valence-corrected chi connectivity index (χ1v) is 9.61. The minimum absolute atomic E-state index is 0.494. The van der Waals surface area contributed by atoms with Gasteiger partial charge in [0.05, 0.1) is 37.7 Å². The smallest absolute Gasteiger partial charge is 0.162 e. The molecule has 0 fully saturated rings. The van der Waals surface area contributed by atoms with Gasteiger partial charge in [0.15, 0.2) is 11.9 Å². The second kappa shape index (κ2) is 8.70. The minimum atomic E-state index is -1.05. The molecule has 1 atom stereocenters. The maximum Gasteiger partial charge on any atom is 0.162 e. The predicted molar refractivity (Wildman–Crippen MR) is 113 cm³/mol. The lowest BCUT2D eigenvalue weighted by molar-refractivity contribution is 0.183. The zero-order valence-electron chi connectivity index (χ0n) is 16.5. The first-order chi connectivity index (χ1) is 14.6. The van der Waals surface area contributed by atoms with Gasteiger partial charge < -0.3 is 19.9 Å². The van der Waals surface area contributed by atoms with E-state index >= 15 is 0 Å². The zero-order chi connectivity index (χ0) is 21.1. The van der Waals surface area contributed by atoms with Crippen LogP contribution in [-0.2, 0) is 11.3 Å². The van der Waals surface area contributed by atoms with Gasteiger partial charge in [0.1, 0.15) is 11.4 Å². The molecule has 0 bridgehead atoms. The highest BCUT2D eigenvalue weighted by molar-refractivity contribution is 6.31. The fourth-order valence-corrected chi connectivity index (χ4v) is 3.33. The van der Waals surface area contributed by atoms with Gasteiger partial charge in [0.2, 0.25) is 0 Å². The van der Waals surface area contributed by atoms with Crippen LogP contribution in [0.3, 0.4) is 0 Å². The molecule has 0 amide bonds. The molecule has 9 nitrogen and oxygen atoms in total. The van der Waals surface area contributed by atoms with Crippen LogP contribution in [0.25, 0.3) is 16.9 Å². The average molecular weight is 429 g/mol. The van der Waals surface area contributed by atoms with E-state index in [4.69, 9.17) is 21.1 Å². The molecular formula is C20H21ClN6O3. The molecule has 2 N–H and O–H groups in total. The molecule has 3 heterocycles. The summed E-state index contributed by atoms with van der Waals surface area (Å²) < 4.78 is 14.0. The summed E-state index contributed by atoms with van der Waals surface area (Å²) >= 11 is 6.22. The van der Waals surface area contributed by atoms with Crippen LogP contribution in [0.4, 0.5) is 5.69 Å². The first kappa shape index (κ1) is 20.1. The maximum absolute atomic E-state index is 10.9. The third-order valence-electron chi connectivity index (χ3n) is 4.60. The number of hydrogen-bond donors (Lipinski definition) is 2. The molecule has 1 unspecified atom stereocenters. The Morgan fingerprint density at radius 1 is 1.30 bits per heavy atom. The third-order valence-corrected chi connectivity index (χ3v) is 4.83. The fraction of sp³-hybridized carbons (Fsp3) is 0.250. The lowest BCUT2D eigenvalue weighted by Gasteiger charge is -2.14. The number of aliphatic hydroxyl groups is 1. The van der Waals surface area contributed by atoms with Gasteiger partial charge >= 0.3 is 0 Å². The molecule has 0 aliphatic rings. The number of hydrogen-bond acceptors (Lipinski definition) is 7. The van der Waals surface area contributed by atoms with Crippen molar-refractivity contribution in [2.24, 2.45) is 0 Å². The van der Waals surface area contributed by atoms with Crippen molar-refractivity contribution >= 4 is 22.9 Å². The summed E-state index contributed by atoms with van der Waals surface area (Å²) in [6.45, 7) is 1.04. The summed E-state index contributed by atoms with van der Waals surface area (Å²) in [6, 6.07) is 7.07. The number of halogens is 1. The molecule has 30 heavy (non-hydrogen) atoms. The summed E-state index contributed by atoms with van der Waals surface area (Å²) in [5.74, 6) is 0.617. The molecule has 10 heteroatoms. The van der Waals surface area contributed by atoms with Crippen molar-refractivity contribution in [3.63, 3.8) is 0 Å². The molecular weight excluding hydrogens is 408 g/mol. The fourth-order valence-electron chi connectivity index (χ4n) is 3.15. The Balaban J connectivity index is 1.73. The van der Waals surface area contributed by atoms with E-state index in [1.807, 2.05) is 0 Å². The Morgan fingerprint density at radius 3 is 2.97 bits per heavy atom. The summed E-state index contributed by atoms with van der Waals surface area (Å²) in [5, 5.41) is 23.4. The van der Waals surface area contributed by atoms with E-state index in [0.717, 1.165) is 0 Å². The predicted octanol–water partition coefficient (Wildman–Crippen LogP) is 3.00. The summed E-state index contributed by atoms with van der Waals surface area (Å²) in [7, 11) is 3.22. The summed E-state index contributed by atoms with van der Waals surface area (Å²) in [4.78, 5) is 4.29. The largest absolute Gasteiger partial charge is 0.496 e. The van der Waals surface area contributed by atoms with Gasteiger partial charge in [0, 0.05) is 36.3 Å². The summed E-state index contributed by atoms with van der Waals surface area (Å²) in [6.07, 6.45) is 5.75. The monoisotopic (exact) mass is 428 g/mol. The molecule has 0 radical (unpaired) electrons. The van der Waals surface area contributed by atoms with Crippen molar-refractivity contribution in [1.82, 2.24) is 24.4 Å². The zero-order valence-corrected chi connectivity index (χ0v) is 17.2. The van der Waals surface area contributed by atoms with Crippen LogP contribution in [0.15, 0.2) is 49.1 Å². The number of aromatic nitrogens is 5. The van der Waals surface area contributed by atoms with Crippen molar-refractivity contribution < 1.29 is 14.6 Å². The number of ether oxygens (including phenoxy) is 2.